The molecule has 6 nitrogen and oxygen atoms in total. The molecule has 1 atom stereocenters. The van der Waals surface area contributed by atoms with Crippen LogP contribution in [0, 0.1) is 0 Å². The summed E-state index contributed by atoms with van der Waals surface area (Å²) in [6, 6.07) is 3.75. The van der Waals surface area contributed by atoms with Crippen molar-refractivity contribution in [1.82, 2.24) is 0 Å². The highest BCUT2D eigenvalue weighted by atomic mass is 16.3. The van der Waals surface area contributed by atoms with E-state index in [0.717, 1.165) is 0 Å². The number of hydrogen-bond acceptors (Lipinski definition) is 4. The average molecular weight is 205 g/mol. The number of nitrogens with zero attached hydrogens (tertiary/aromatic N) is 3. The zero-order chi connectivity index (χ0) is 11.3. The minimum atomic E-state index is -0.714. The van der Waals surface area contributed by atoms with Gasteiger partial charge in [-0.05, 0) is 29.6 Å². The largest absolute Gasteiger partial charge is 0.507 e. The first kappa shape index (κ1) is 11.0. The summed E-state index contributed by atoms with van der Waals surface area (Å²) in [5.41, 5.74) is 14.4. The van der Waals surface area contributed by atoms with E-state index in [1.165, 1.54) is 12.1 Å². The van der Waals surface area contributed by atoms with E-state index in [-0.39, 0.29) is 17.9 Å². The molecule has 0 aliphatic carbocycles. The molecule has 15 heavy (non-hydrogen) atoms. The molecule has 1 aromatic rings. The highest BCUT2D eigenvalue weighted by molar-refractivity contribution is 5.60. The predicted molar refractivity (Wildman–Crippen MR) is 54.3 cm³/mol. The summed E-state index contributed by atoms with van der Waals surface area (Å²) < 4.78 is 0. The molecular weight excluding hydrogens is 196 g/mol. The summed E-state index contributed by atoms with van der Waals surface area (Å²) in [5, 5.41) is 12.6. The number of benzene rings is 1. The number of hydrogen-bond donors (Lipinski definition) is 2. The van der Waals surface area contributed by atoms with Gasteiger partial charge in [0.05, 0.1) is 11.7 Å². The Bertz CT molecular complexity index is 413. The quantitative estimate of drug-likeness (QED) is 0.439. The third-order valence-electron chi connectivity index (χ3n) is 1.80. The van der Waals surface area contributed by atoms with E-state index >= 15 is 0 Å². The van der Waals surface area contributed by atoms with Crippen LogP contribution in [0.1, 0.15) is 5.56 Å². The lowest BCUT2D eigenvalue weighted by molar-refractivity contribution is 0.476. The fourth-order valence-corrected chi connectivity index (χ4v) is 1.12. The fraction of sp³-hybridized carbons (Fsp3) is 0.222. The summed E-state index contributed by atoms with van der Waals surface area (Å²) in [4.78, 5) is 12.8. The monoisotopic (exact) mass is 205 g/mol. The number of phenolic OH excluding ortho intramolecular Hbond substituents is 1. The van der Waals surface area contributed by atoms with Crippen molar-refractivity contribution < 1.29 is 9.90 Å². The van der Waals surface area contributed by atoms with Gasteiger partial charge in [0.25, 0.3) is 0 Å². The number of aromatic hydroxyl groups is 1. The molecule has 1 radical (unpaired) electrons. The Labute approximate surface area is 86.0 Å². The van der Waals surface area contributed by atoms with Crippen LogP contribution in [0.4, 0.5) is 5.69 Å². The average Bonchev–Trinajstić information content (AvgIpc) is 2.23. The van der Waals surface area contributed by atoms with Gasteiger partial charge in [-0.3, -0.25) is 4.79 Å². The number of nitrogens with two attached hydrogens (primary N) is 1. The first-order valence-corrected chi connectivity index (χ1v) is 4.17. The molecule has 0 fully saturated rings. The molecule has 0 saturated carbocycles. The van der Waals surface area contributed by atoms with E-state index in [1.54, 1.807) is 12.4 Å². The van der Waals surface area contributed by atoms with Crippen molar-refractivity contribution in [1.29, 1.82) is 0 Å². The zero-order valence-corrected chi connectivity index (χ0v) is 7.79. The Balaban J connectivity index is 2.96. The van der Waals surface area contributed by atoms with Crippen molar-refractivity contribution in [3.8, 4) is 5.75 Å². The van der Waals surface area contributed by atoms with E-state index in [2.05, 4.69) is 10.0 Å². The molecule has 0 saturated heterocycles. The normalized spacial score (nSPS) is 11.5. The van der Waals surface area contributed by atoms with Crippen molar-refractivity contribution in [2.24, 2.45) is 10.8 Å². The molecule has 0 heterocycles. The highest BCUT2D eigenvalue weighted by Gasteiger charge is 2.05. The molecule has 1 aromatic carbocycles. The smallest absolute Gasteiger partial charge is 0.217 e. The van der Waals surface area contributed by atoms with Crippen LogP contribution in [-0.4, -0.2) is 17.4 Å². The molecule has 77 valence electrons. The van der Waals surface area contributed by atoms with Gasteiger partial charge in [-0.1, -0.05) is 11.2 Å². The lowest BCUT2D eigenvalue weighted by Gasteiger charge is -2.05. The Hall–Kier alpha value is -2.04. The van der Waals surface area contributed by atoms with Crippen LogP contribution >= 0.6 is 0 Å². The van der Waals surface area contributed by atoms with E-state index < -0.39 is 6.04 Å². The summed E-state index contributed by atoms with van der Waals surface area (Å²) in [7, 11) is 0. The van der Waals surface area contributed by atoms with E-state index in [1.807, 2.05) is 0 Å². The van der Waals surface area contributed by atoms with Gasteiger partial charge in [0.1, 0.15) is 5.75 Å². The standard InChI is InChI=1S/C9H9N4O2/c10-7(5-14)3-6-1-2-9(15)8(4-6)12-13-11/h1-2,4,7,15H,3,10H2/t7-/m0/s1. The Morgan fingerprint density at radius 1 is 1.67 bits per heavy atom. The minimum absolute atomic E-state index is 0.111. The lowest BCUT2D eigenvalue weighted by atomic mass is 10.1. The molecule has 3 N–H and O–H groups in total. The van der Waals surface area contributed by atoms with Gasteiger partial charge in [0, 0.05) is 4.91 Å². The molecule has 0 unspecified atom stereocenters. The third-order valence-corrected chi connectivity index (χ3v) is 1.80. The Morgan fingerprint density at radius 2 is 2.40 bits per heavy atom. The van der Waals surface area contributed by atoms with Gasteiger partial charge in [-0.2, -0.15) is 0 Å². The molecule has 0 bridgehead atoms. The van der Waals surface area contributed by atoms with Gasteiger partial charge in [0.2, 0.25) is 6.29 Å². The minimum Gasteiger partial charge on any atom is -0.507 e. The molecule has 0 aliphatic heterocycles. The van der Waals surface area contributed by atoms with Crippen LogP contribution in [0.25, 0.3) is 10.4 Å². The zero-order valence-electron chi connectivity index (χ0n) is 7.79. The van der Waals surface area contributed by atoms with Crippen LogP contribution in [0.5, 0.6) is 5.75 Å². The summed E-state index contributed by atoms with van der Waals surface area (Å²) >= 11 is 0. The molecular formula is C9H9N4O2. The van der Waals surface area contributed by atoms with Crippen LogP contribution in [-0.2, 0) is 11.2 Å². The molecule has 6 heteroatoms. The van der Waals surface area contributed by atoms with Gasteiger partial charge >= 0.3 is 0 Å². The van der Waals surface area contributed by atoms with Crippen molar-refractivity contribution >= 4 is 12.0 Å². The number of carbonyl (C=O) groups excluding carboxylic acids is 1. The molecule has 1 rings (SSSR count). The summed E-state index contributed by atoms with van der Waals surface area (Å²) in [6.45, 7) is 0. The van der Waals surface area contributed by atoms with E-state index in [9.17, 15) is 9.90 Å². The van der Waals surface area contributed by atoms with E-state index in [4.69, 9.17) is 11.3 Å². The number of rotatable bonds is 4. The summed E-state index contributed by atoms with van der Waals surface area (Å²) in [5.74, 6) is -0.111. The predicted octanol–water partition coefficient (Wildman–Crippen LogP) is 1.31. The lowest BCUT2D eigenvalue weighted by Crippen LogP contribution is -2.23. The second kappa shape index (κ2) is 4.99. The van der Waals surface area contributed by atoms with Gasteiger partial charge in [-0.25, -0.2) is 0 Å². The molecule has 0 amide bonds. The van der Waals surface area contributed by atoms with Crippen molar-refractivity contribution in [2.75, 3.05) is 0 Å². The highest BCUT2D eigenvalue weighted by Crippen LogP contribution is 2.27. The van der Waals surface area contributed by atoms with Gasteiger partial charge in [0.15, 0.2) is 0 Å². The number of phenols is 1. The van der Waals surface area contributed by atoms with E-state index in [0.29, 0.717) is 5.56 Å². The van der Waals surface area contributed by atoms with Gasteiger partial charge < -0.3 is 10.8 Å². The maximum atomic E-state index is 10.2. The van der Waals surface area contributed by atoms with Crippen molar-refractivity contribution in [2.45, 2.75) is 12.5 Å². The SMILES string of the molecule is [N-]=[N+]=Nc1cc(C[C@H](N)[C]=O)ccc1O. The topological polar surface area (TPSA) is 112 Å². The van der Waals surface area contributed by atoms with Crippen LogP contribution < -0.4 is 5.73 Å². The summed E-state index contributed by atoms with van der Waals surface area (Å²) in [6.07, 6.45) is 1.93. The van der Waals surface area contributed by atoms with Crippen LogP contribution in [0.3, 0.4) is 0 Å². The first-order valence-electron chi connectivity index (χ1n) is 4.17. The second-order valence-electron chi connectivity index (χ2n) is 2.94. The first-order chi connectivity index (χ1) is 7.17. The van der Waals surface area contributed by atoms with Crippen LogP contribution in [0.15, 0.2) is 23.3 Å². The molecule has 0 aromatic heterocycles. The van der Waals surface area contributed by atoms with Crippen LogP contribution in [0.2, 0.25) is 0 Å². The van der Waals surface area contributed by atoms with Crippen molar-refractivity contribution in [3.05, 3.63) is 34.2 Å². The Morgan fingerprint density at radius 3 is 3.00 bits per heavy atom. The second-order valence-corrected chi connectivity index (χ2v) is 2.94. The fourth-order valence-electron chi connectivity index (χ4n) is 1.12. The third kappa shape index (κ3) is 2.98. The van der Waals surface area contributed by atoms with Crippen molar-refractivity contribution in [3.63, 3.8) is 0 Å². The number of azide groups is 1. The van der Waals surface area contributed by atoms with Gasteiger partial charge in [-0.15, -0.1) is 0 Å². The maximum Gasteiger partial charge on any atom is 0.217 e. The molecule has 0 spiro atoms. The Kier molecular flexibility index (Phi) is 3.68. The maximum absolute atomic E-state index is 10.2. The molecule has 0 aliphatic rings.